The summed E-state index contributed by atoms with van der Waals surface area (Å²) in [5, 5.41) is 3.52. The lowest BCUT2D eigenvalue weighted by atomic mass is 9.97. The van der Waals surface area contributed by atoms with Crippen molar-refractivity contribution in [1.29, 1.82) is 0 Å². The van der Waals surface area contributed by atoms with Crippen molar-refractivity contribution in [3.05, 3.63) is 35.4 Å². The highest BCUT2D eigenvalue weighted by atomic mass is 16.5. The van der Waals surface area contributed by atoms with Crippen LogP contribution < -0.4 is 5.32 Å². The average Bonchev–Trinajstić information content (AvgIpc) is 2.85. The second kappa shape index (κ2) is 5.39. The Kier molecular flexibility index (Phi) is 3.64. The molecule has 1 fully saturated rings. The summed E-state index contributed by atoms with van der Waals surface area (Å²) in [5.41, 5.74) is 2.95. The quantitative estimate of drug-likeness (QED) is 0.863. The van der Waals surface area contributed by atoms with Gasteiger partial charge in [-0.2, -0.15) is 0 Å². The van der Waals surface area contributed by atoms with E-state index < -0.39 is 0 Å². The minimum Gasteiger partial charge on any atom is -0.380 e. The molecule has 1 saturated heterocycles. The van der Waals surface area contributed by atoms with E-state index in [0.717, 1.165) is 26.3 Å². The van der Waals surface area contributed by atoms with Crippen molar-refractivity contribution in [2.24, 2.45) is 0 Å². The number of rotatable bonds is 2. The number of ether oxygens (including phenoxy) is 1. The van der Waals surface area contributed by atoms with Crippen LogP contribution in [0.25, 0.3) is 0 Å². The normalized spacial score (nSPS) is 28.1. The predicted molar refractivity (Wildman–Crippen MR) is 72.5 cm³/mol. The fourth-order valence-electron chi connectivity index (χ4n) is 3.16. The van der Waals surface area contributed by atoms with Crippen LogP contribution in [0.2, 0.25) is 0 Å². The van der Waals surface area contributed by atoms with Gasteiger partial charge in [0.25, 0.3) is 0 Å². The van der Waals surface area contributed by atoms with Gasteiger partial charge in [0, 0.05) is 25.2 Å². The molecule has 0 saturated carbocycles. The highest BCUT2D eigenvalue weighted by Crippen LogP contribution is 2.31. The highest BCUT2D eigenvalue weighted by Gasteiger charge is 2.29. The van der Waals surface area contributed by atoms with Gasteiger partial charge >= 0.3 is 0 Å². The molecule has 1 aromatic rings. The van der Waals surface area contributed by atoms with E-state index in [-0.39, 0.29) is 0 Å². The fourth-order valence-corrected chi connectivity index (χ4v) is 3.16. The molecule has 2 heterocycles. The Bertz CT molecular complexity index is 401. The zero-order valence-corrected chi connectivity index (χ0v) is 11.1. The molecular formula is C15H22N2O. The third-order valence-corrected chi connectivity index (χ3v) is 4.30. The van der Waals surface area contributed by atoms with Gasteiger partial charge in [0.1, 0.15) is 0 Å². The molecule has 0 spiro atoms. The van der Waals surface area contributed by atoms with E-state index in [1.54, 1.807) is 0 Å². The lowest BCUT2D eigenvalue weighted by Gasteiger charge is -2.32. The van der Waals surface area contributed by atoms with Crippen LogP contribution in [0.3, 0.4) is 0 Å². The van der Waals surface area contributed by atoms with Gasteiger partial charge < -0.3 is 10.1 Å². The predicted octanol–water partition coefficient (Wildman–Crippen LogP) is 1.94. The average molecular weight is 246 g/mol. The van der Waals surface area contributed by atoms with Crippen LogP contribution in [-0.2, 0) is 11.3 Å². The van der Waals surface area contributed by atoms with Crippen molar-refractivity contribution in [3.8, 4) is 0 Å². The SMILES string of the molecule is CN(C1CCOC1)C1CCNCc2ccccc21. The van der Waals surface area contributed by atoms with Crippen molar-refractivity contribution in [2.75, 3.05) is 26.8 Å². The molecule has 2 atom stereocenters. The Labute approximate surface area is 109 Å². The maximum atomic E-state index is 5.53. The van der Waals surface area contributed by atoms with Crippen LogP contribution in [0.5, 0.6) is 0 Å². The second-order valence-electron chi connectivity index (χ2n) is 5.36. The minimum absolute atomic E-state index is 0.530. The van der Waals surface area contributed by atoms with Crippen molar-refractivity contribution >= 4 is 0 Å². The third kappa shape index (κ3) is 2.30. The van der Waals surface area contributed by atoms with Gasteiger partial charge in [-0.1, -0.05) is 24.3 Å². The van der Waals surface area contributed by atoms with E-state index in [2.05, 4.69) is 41.5 Å². The zero-order chi connectivity index (χ0) is 12.4. The summed E-state index contributed by atoms with van der Waals surface area (Å²) >= 11 is 0. The minimum atomic E-state index is 0.530. The van der Waals surface area contributed by atoms with E-state index in [1.807, 2.05) is 0 Å². The Morgan fingerprint density at radius 3 is 3.00 bits per heavy atom. The molecule has 2 aliphatic heterocycles. The zero-order valence-electron chi connectivity index (χ0n) is 11.1. The highest BCUT2D eigenvalue weighted by molar-refractivity contribution is 5.31. The molecule has 2 unspecified atom stereocenters. The van der Waals surface area contributed by atoms with Gasteiger partial charge in [0.15, 0.2) is 0 Å². The molecule has 0 aliphatic carbocycles. The fraction of sp³-hybridized carbons (Fsp3) is 0.600. The summed E-state index contributed by atoms with van der Waals surface area (Å²) in [5.74, 6) is 0. The van der Waals surface area contributed by atoms with E-state index in [9.17, 15) is 0 Å². The smallest absolute Gasteiger partial charge is 0.0622 e. The molecule has 1 N–H and O–H groups in total. The molecular weight excluding hydrogens is 224 g/mol. The van der Waals surface area contributed by atoms with Crippen molar-refractivity contribution < 1.29 is 4.74 Å². The van der Waals surface area contributed by atoms with Gasteiger partial charge in [0.2, 0.25) is 0 Å². The summed E-state index contributed by atoms with van der Waals surface area (Å²) in [7, 11) is 2.26. The molecule has 1 aromatic carbocycles. The first-order chi connectivity index (χ1) is 8.86. The number of nitrogens with zero attached hydrogens (tertiary/aromatic N) is 1. The van der Waals surface area contributed by atoms with Gasteiger partial charge in [-0.25, -0.2) is 0 Å². The molecule has 0 radical (unpaired) electrons. The number of hydrogen-bond donors (Lipinski definition) is 1. The first-order valence-electron chi connectivity index (χ1n) is 6.94. The van der Waals surface area contributed by atoms with Crippen molar-refractivity contribution in [2.45, 2.75) is 31.5 Å². The van der Waals surface area contributed by atoms with Crippen LogP contribution in [0.15, 0.2) is 24.3 Å². The first kappa shape index (κ1) is 12.2. The van der Waals surface area contributed by atoms with E-state index >= 15 is 0 Å². The molecule has 18 heavy (non-hydrogen) atoms. The number of likely N-dealkylation sites (N-methyl/N-ethyl adjacent to an activating group) is 1. The molecule has 3 rings (SSSR count). The maximum Gasteiger partial charge on any atom is 0.0622 e. The Hall–Kier alpha value is -0.900. The second-order valence-corrected chi connectivity index (χ2v) is 5.36. The van der Waals surface area contributed by atoms with Crippen molar-refractivity contribution in [3.63, 3.8) is 0 Å². The molecule has 2 aliphatic rings. The lowest BCUT2D eigenvalue weighted by molar-refractivity contribution is 0.129. The Morgan fingerprint density at radius 2 is 2.17 bits per heavy atom. The Morgan fingerprint density at radius 1 is 1.28 bits per heavy atom. The van der Waals surface area contributed by atoms with Crippen LogP contribution in [0.1, 0.15) is 30.0 Å². The maximum absolute atomic E-state index is 5.53. The topological polar surface area (TPSA) is 24.5 Å². The molecule has 0 bridgehead atoms. The van der Waals surface area contributed by atoms with Gasteiger partial charge in [-0.05, 0) is 37.6 Å². The van der Waals surface area contributed by atoms with Crippen LogP contribution in [-0.4, -0.2) is 37.7 Å². The lowest BCUT2D eigenvalue weighted by Crippen LogP contribution is -2.36. The number of hydrogen-bond acceptors (Lipinski definition) is 3. The largest absolute Gasteiger partial charge is 0.380 e. The summed E-state index contributed by atoms with van der Waals surface area (Å²) in [4.78, 5) is 2.53. The summed E-state index contributed by atoms with van der Waals surface area (Å²) in [6.07, 6.45) is 2.35. The van der Waals surface area contributed by atoms with Crippen LogP contribution >= 0.6 is 0 Å². The summed E-state index contributed by atoms with van der Waals surface area (Å²) in [6, 6.07) is 9.96. The first-order valence-corrected chi connectivity index (χ1v) is 6.94. The molecule has 98 valence electrons. The third-order valence-electron chi connectivity index (χ3n) is 4.30. The molecule has 3 heteroatoms. The standard InChI is InChI=1S/C15H22N2O/c1-17(13-7-9-18-11-13)15-6-8-16-10-12-4-2-3-5-14(12)15/h2-5,13,15-16H,6-11H2,1H3. The number of fused-ring (bicyclic) bond motifs is 1. The van der Waals surface area contributed by atoms with Crippen LogP contribution in [0.4, 0.5) is 0 Å². The molecule has 0 amide bonds. The number of benzene rings is 1. The van der Waals surface area contributed by atoms with Crippen molar-refractivity contribution in [1.82, 2.24) is 10.2 Å². The van der Waals surface area contributed by atoms with Gasteiger partial charge in [-0.3, -0.25) is 4.90 Å². The molecule has 3 nitrogen and oxygen atoms in total. The Balaban J connectivity index is 1.86. The summed E-state index contributed by atoms with van der Waals surface area (Å²) in [6.45, 7) is 3.91. The van der Waals surface area contributed by atoms with Crippen LogP contribution in [0, 0.1) is 0 Å². The monoisotopic (exact) mass is 246 g/mol. The summed E-state index contributed by atoms with van der Waals surface area (Å²) < 4.78 is 5.53. The molecule has 0 aromatic heterocycles. The van der Waals surface area contributed by atoms with Gasteiger partial charge in [0.05, 0.1) is 6.61 Å². The van der Waals surface area contributed by atoms with E-state index in [0.29, 0.717) is 12.1 Å². The van der Waals surface area contributed by atoms with E-state index in [1.165, 1.54) is 24.0 Å². The number of nitrogens with one attached hydrogen (secondary N) is 1. The van der Waals surface area contributed by atoms with Gasteiger partial charge in [-0.15, -0.1) is 0 Å². The van der Waals surface area contributed by atoms with E-state index in [4.69, 9.17) is 4.74 Å².